The lowest BCUT2D eigenvalue weighted by atomic mass is 9.90. The first kappa shape index (κ1) is 14.0. The van der Waals surface area contributed by atoms with Gasteiger partial charge in [-0.05, 0) is 0 Å². The number of carbonyl (C=O) groups is 2. The quantitative estimate of drug-likeness (QED) is 0.379. The molecule has 0 saturated carbocycles. The van der Waals surface area contributed by atoms with Gasteiger partial charge in [0.2, 0.25) is 0 Å². The molecular weight excluding hydrogens is 236 g/mol. The smallest absolute Gasteiger partial charge is 0.337 e. The molecule has 0 aromatic heterocycles. The molecule has 17 heavy (non-hydrogen) atoms. The highest BCUT2D eigenvalue weighted by molar-refractivity contribution is 5.85. The van der Waals surface area contributed by atoms with Crippen LogP contribution in [0.15, 0.2) is 0 Å². The Labute approximate surface area is 96.4 Å². The molecule has 1 heterocycles. The van der Waals surface area contributed by atoms with Gasteiger partial charge >= 0.3 is 5.97 Å². The number of aliphatic hydroxyl groups is 4. The molecule has 0 spiro atoms. The van der Waals surface area contributed by atoms with E-state index in [1.807, 2.05) is 0 Å². The van der Waals surface area contributed by atoms with Crippen LogP contribution >= 0.6 is 0 Å². The molecule has 8 heteroatoms. The number of aliphatic hydroxyl groups excluding tert-OH is 3. The summed E-state index contributed by atoms with van der Waals surface area (Å²) < 4.78 is 8.93. The van der Waals surface area contributed by atoms with E-state index in [2.05, 4.69) is 9.47 Å². The van der Waals surface area contributed by atoms with E-state index in [9.17, 15) is 30.0 Å². The van der Waals surface area contributed by atoms with Crippen LogP contribution in [0.5, 0.6) is 0 Å². The molecule has 1 aliphatic heterocycles. The monoisotopic (exact) mass is 250 g/mol. The molecule has 1 fully saturated rings. The van der Waals surface area contributed by atoms with Crippen molar-refractivity contribution in [3.8, 4) is 0 Å². The van der Waals surface area contributed by atoms with Crippen molar-refractivity contribution in [1.29, 1.82) is 0 Å². The van der Waals surface area contributed by atoms with Gasteiger partial charge in [0, 0.05) is 6.92 Å². The summed E-state index contributed by atoms with van der Waals surface area (Å²) in [4.78, 5) is 22.4. The van der Waals surface area contributed by atoms with E-state index in [0.29, 0.717) is 0 Å². The molecule has 1 saturated heterocycles. The van der Waals surface area contributed by atoms with Crippen molar-refractivity contribution in [2.24, 2.45) is 0 Å². The number of ether oxygens (including phenoxy) is 2. The molecular formula is C9H14O8. The standard InChI is InChI=1S/C9H14O8/c1-3(10)9(15)7(13)5(12)4(11)6(17-9)8(14)16-2/h4-7,11-13,15H,1-2H3/t4-,5-,6-,7+,9+/m0/s1. The number of methoxy groups -OCH3 is 1. The Hall–Kier alpha value is -1.06. The van der Waals surface area contributed by atoms with Crippen LogP contribution in [0.1, 0.15) is 6.92 Å². The lowest BCUT2D eigenvalue weighted by Crippen LogP contribution is -2.68. The Morgan fingerprint density at radius 3 is 2.18 bits per heavy atom. The highest BCUT2D eigenvalue weighted by atomic mass is 16.7. The van der Waals surface area contributed by atoms with Crippen molar-refractivity contribution in [2.75, 3.05) is 7.11 Å². The summed E-state index contributed by atoms with van der Waals surface area (Å²) in [7, 11) is 1.00. The molecule has 1 rings (SSSR count). The highest BCUT2D eigenvalue weighted by Crippen LogP contribution is 2.29. The maximum absolute atomic E-state index is 11.2. The van der Waals surface area contributed by atoms with E-state index >= 15 is 0 Å². The summed E-state index contributed by atoms with van der Waals surface area (Å²) in [5, 5.41) is 38.1. The maximum Gasteiger partial charge on any atom is 0.337 e. The SMILES string of the molecule is COC(=O)[C@H]1O[C@](O)(C(C)=O)[C@H](O)[C@@H](O)[C@@H]1O. The predicted molar refractivity (Wildman–Crippen MR) is 50.5 cm³/mol. The largest absolute Gasteiger partial charge is 0.467 e. The number of esters is 1. The van der Waals surface area contributed by atoms with Crippen molar-refractivity contribution in [3.63, 3.8) is 0 Å². The summed E-state index contributed by atoms with van der Waals surface area (Å²) in [5.74, 6) is -4.84. The van der Waals surface area contributed by atoms with Crippen LogP contribution in [-0.2, 0) is 19.1 Å². The lowest BCUT2D eigenvalue weighted by molar-refractivity contribution is -0.323. The molecule has 0 amide bonds. The van der Waals surface area contributed by atoms with Crippen LogP contribution in [0.25, 0.3) is 0 Å². The average molecular weight is 250 g/mol. The molecule has 0 aliphatic carbocycles. The fraction of sp³-hybridized carbons (Fsp3) is 0.778. The van der Waals surface area contributed by atoms with Gasteiger partial charge in [-0.1, -0.05) is 0 Å². The normalized spacial score (nSPS) is 42.0. The lowest BCUT2D eigenvalue weighted by Gasteiger charge is -2.43. The fourth-order valence-electron chi connectivity index (χ4n) is 1.53. The van der Waals surface area contributed by atoms with Crippen molar-refractivity contribution in [3.05, 3.63) is 0 Å². The number of carbonyl (C=O) groups excluding carboxylic acids is 2. The van der Waals surface area contributed by atoms with Crippen LogP contribution in [0.3, 0.4) is 0 Å². The van der Waals surface area contributed by atoms with Gasteiger partial charge in [-0.25, -0.2) is 4.79 Å². The van der Waals surface area contributed by atoms with E-state index in [1.54, 1.807) is 0 Å². The minimum absolute atomic E-state index is 0.905. The Bertz CT molecular complexity index is 329. The highest BCUT2D eigenvalue weighted by Gasteiger charge is 2.57. The van der Waals surface area contributed by atoms with Crippen molar-refractivity contribution in [2.45, 2.75) is 37.1 Å². The molecule has 0 radical (unpaired) electrons. The molecule has 1 aliphatic rings. The van der Waals surface area contributed by atoms with Crippen molar-refractivity contribution in [1.82, 2.24) is 0 Å². The van der Waals surface area contributed by atoms with Gasteiger partial charge in [0.15, 0.2) is 11.9 Å². The molecule has 98 valence electrons. The topological polar surface area (TPSA) is 134 Å². The molecule has 4 N–H and O–H groups in total. The minimum Gasteiger partial charge on any atom is -0.467 e. The van der Waals surface area contributed by atoms with Gasteiger partial charge in [0.1, 0.15) is 18.3 Å². The van der Waals surface area contributed by atoms with Crippen LogP contribution in [0, 0.1) is 0 Å². The number of hydrogen-bond acceptors (Lipinski definition) is 8. The molecule has 8 nitrogen and oxygen atoms in total. The summed E-state index contributed by atoms with van der Waals surface area (Å²) in [6, 6.07) is 0. The Kier molecular flexibility index (Phi) is 3.84. The Morgan fingerprint density at radius 2 is 1.76 bits per heavy atom. The van der Waals surface area contributed by atoms with E-state index < -0.39 is 42.0 Å². The first-order valence-electron chi connectivity index (χ1n) is 4.79. The predicted octanol–water partition coefficient (Wildman–Crippen LogP) is -3.08. The first-order valence-corrected chi connectivity index (χ1v) is 4.79. The van der Waals surface area contributed by atoms with Crippen LogP contribution in [0.2, 0.25) is 0 Å². The third-order valence-electron chi connectivity index (χ3n) is 2.63. The Morgan fingerprint density at radius 1 is 1.24 bits per heavy atom. The molecule has 0 unspecified atom stereocenters. The summed E-state index contributed by atoms with van der Waals surface area (Å²) in [6.45, 7) is 0.905. The third-order valence-corrected chi connectivity index (χ3v) is 2.63. The number of ketones is 1. The number of Topliss-reactive ketones (excluding diaryl/α,β-unsaturated/α-hetero) is 1. The number of hydrogen-bond donors (Lipinski definition) is 4. The van der Waals surface area contributed by atoms with Crippen molar-refractivity contribution < 1.29 is 39.5 Å². The average Bonchev–Trinajstić information content (AvgIpc) is 2.30. The molecule has 0 aromatic carbocycles. The van der Waals surface area contributed by atoms with Gasteiger partial charge in [-0.15, -0.1) is 0 Å². The van der Waals surface area contributed by atoms with Crippen LogP contribution < -0.4 is 0 Å². The van der Waals surface area contributed by atoms with Crippen LogP contribution in [0.4, 0.5) is 0 Å². The van der Waals surface area contributed by atoms with Gasteiger partial charge < -0.3 is 29.9 Å². The van der Waals surface area contributed by atoms with Crippen molar-refractivity contribution >= 4 is 11.8 Å². The zero-order valence-corrected chi connectivity index (χ0v) is 9.23. The summed E-state index contributed by atoms with van der Waals surface area (Å²) in [5.41, 5.74) is 0. The third kappa shape index (κ3) is 2.17. The van der Waals surface area contributed by atoms with E-state index in [-0.39, 0.29) is 0 Å². The van der Waals surface area contributed by atoms with E-state index in [1.165, 1.54) is 0 Å². The second kappa shape index (κ2) is 4.67. The van der Waals surface area contributed by atoms with Crippen LogP contribution in [-0.4, -0.2) is 69.5 Å². The van der Waals surface area contributed by atoms with Gasteiger partial charge in [0.05, 0.1) is 7.11 Å². The van der Waals surface area contributed by atoms with Gasteiger partial charge in [-0.2, -0.15) is 0 Å². The van der Waals surface area contributed by atoms with E-state index in [0.717, 1.165) is 14.0 Å². The van der Waals surface area contributed by atoms with Gasteiger partial charge in [-0.3, -0.25) is 4.79 Å². The summed E-state index contributed by atoms with van der Waals surface area (Å²) >= 11 is 0. The second-order valence-electron chi connectivity index (χ2n) is 3.74. The zero-order chi connectivity index (χ0) is 13.4. The second-order valence-corrected chi connectivity index (χ2v) is 3.74. The Balaban J connectivity index is 3.06. The fourth-order valence-corrected chi connectivity index (χ4v) is 1.53. The summed E-state index contributed by atoms with van der Waals surface area (Å²) in [6.07, 6.45) is -7.54. The van der Waals surface area contributed by atoms with E-state index in [4.69, 9.17) is 0 Å². The zero-order valence-electron chi connectivity index (χ0n) is 9.23. The number of rotatable bonds is 2. The molecule has 0 aromatic rings. The minimum atomic E-state index is -2.75. The molecule has 0 bridgehead atoms. The first-order chi connectivity index (χ1) is 7.75. The van der Waals surface area contributed by atoms with Gasteiger partial charge in [0.25, 0.3) is 5.79 Å². The molecule has 5 atom stereocenters. The maximum atomic E-state index is 11.2.